The lowest BCUT2D eigenvalue weighted by Gasteiger charge is -2.45. The average Bonchev–Trinajstić information content (AvgIpc) is 3.39. The van der Waals surface area contributed by atoms with Crippen molar-refractivity contribution in [2.24, 2.45) is 5.10 Å². The molecule has 1 saturated heterocycles. The van der Waals surface area contributed by atoms with E-state index in [1.807, 2.05) is 47.5 Å². The van der Waals surface area contributed by atoms with Crippen molar-refractivity contribution in [2.75, 3.05) is 0 Å². The maximum absolute atomic E-state index is 12.7. The lowest BCUT2D eigenvalue weighted by Crippen LogP contribution is -2.61. The number of hydrazone groups is 1. The number of nitrogens with one attached hydrogen (secondary N) is 1. The number of carbonyl (C=O) groups is 1. The number of ether oxygens (including phenoxy) is 1. The van der Waals surface area contributed by atoms with E-state index in [-0.39, 0.29) is 11.3 Å². The van der Waals surface area contributed by atoms with Crippen LogP contribution in [0.1, 0.15) is 34.7 Å². The average molecular weight is 440 g/mol. The first-order chi connectivity index (χ1) is 15.6. The molecule has 1 fully saturated rings. The Morgan fingerprint density at radius 3 is 2.62 bits per heavy atom. The highest BCUT2D eigenvalue weighted by Crippen LogP contribution is 2.52. The van der Waals surface area contributed by atoms with Gasteiger partial charge in [0, 0.05) is 12.0 Å². The van der Waals surface area contributed by atoms with E-state index in [1.165, 1.54) is 17.3 Å². The molecular formula is C26H21N3O2S. The van der Waals surface area contributed by atoms with Crippen LogP contribution in [0.15, 0.2) is 88.9 Å². The van der Waals surface area contributed by atoms with Crippen molar-refractivity contribution in [1.82, 2.24) is 10.3 Å². The zero-order chi connectivity index (χ0) is 21.7. The quantitative estimate of drug-likeness (QED) is 0.557. The molecule has 3 heterocycles. The normalized spacial score (nSPS) is 24.7. The van der Waals surface area contributed by atoms with Crippen LogP contribution in [-0.4, -0.2) is 21.8 Å². The molecule has 3 aliphatic heterocycles. The number of aryl methyl sites for hydroxylation is 1. The van der Waals surface area contributed by atoms with Gasteiger partial charge < -0.3 is 4.74 Å². The van der Waals surface area contributed by atoms with Crippen LogP contribution in [0, 0.1) is 6.92 Å². The SMILES string of the molecule is Cc1ccc(C=C2SC(=O)NC23Oc2ccccc2C2CC(c4ccccc4)=NN23)cc1. The predicted octanol–water partition coefficient (Wildman–Crippen LogP) is 5.69. The number of fused-ring (bicyclic) bond motifs is 4. The van der Waals surface area contributed by atoms with Crippen LogP contribution >= 0.6 is 11.8 Å². The summed E-state index contributed by atoms with van der Waals surface area (Å²) < 4.78 is 6.56. The zero-order valence-electron chi connectivity index (χ0n) is 17.5. The minimum atomic E-state index is -1.16. The number of thioether (sulfide) groups is 1. The molecule has 158 valence electrons. The molecule has 6 rings (SSSR count). The lowest BCUT2D eigenvalue weighted by molar-refractivity contribution is -0.0949. The second-order valence-electron chi connectivity index (χ2n) is 8.19. The molecule has 3 aromatic carbocycles. The second kappa shape index (κ2) is 7.28. The summed E-state index contributed by atoms with van der Waals surface area (Å²) in [5.74, 6) is -0.391. The summed E-state index contributed by atoms with van der Waals surface area (Å²) in [5, 5.41) is 9.89. The molecule has 0 saturated carbocycles. The molecule has 1 amide bonds. The Morgan fingerprint density at radius 2 is 1.81 bits per heavy atom. The minimum absolute atomic E-state index is 0.0319. The van der Waals surface area contributed by atoms with Gasteiger partial charge in [0.1, 0.15) is 5.75 Å². The number of amides is 1. The van der Waals surface area contributed by atoms with E-state index in [2.05, 4.69) is 54.7 Å². The van der Waals surface area contributed by atoms with Gasteiger partial charge in [-0.2, -0.15) is 5.10 Å². The van der Waals surface area contributed by atoms with Gasteiger partial charge in [-0.15, -0.1) is 0 Å². The summed E-state index contributed by atoms with van der Waals surface area (Å²) >= 11 is 1.17. The highest BCUT2D eigenvalue weighted by Gasteiger charge is 2.58. The maximum Gasteiger partial charge on any atom is 0.314 e. The Balaban J connectivity index is 1.51. The third kappa shape index (κ3) is 3.02. The van der Waals surface area contributed by atoms with Crippen LogP contribution in [-0.2, 0) is 0 Å². The number of hydrogen-bond acceptors (Lipinski definition) is 5. The number of nitrogens with zero attached hydrogens (tertiary/aromatic N) is 2. The van der Waals surface area contributed by atoms with Crippen LogP contribution in [0.5, 0.6) is 5.75 Å². The van der Waals surface area contributed by atoms with Gasteiger partial charge >= 0.3 is 5.85 Å². The van der Waals surface area contributed by atoms with Crippen molar-refractivity contribution in [3.05, 3.63) is 106 Å². The van der Waals surface area contributed by atoms with E-state index in [9.17, 15) is 4.79 Å². The molecule has 3 aromatic rings. The first-order valence-electron chi connectivity index (χ1n) is 10.6. The second-order valence-corrected chi connectivity index (χ2v) is 9.21. The molecule has 32 heavy (non-hydrogen) atoms. The fourth-order valence-electron chi connectivity index (χ4n) is 4.48. The molecule has 6 heteroatoms. The molecule has 0 radical (unpaired) electrons. The van der Waals surface area contributed by atoms with E-state index in [1.54, 1.807) is 0 Å². The van der Waals surface area contributed by atoms with Gasteiger partial charge in [-0.1, -0.05) is 78.4 Å². The third-order valence-corrected chi connectivity index (χ3v) is 6.96. The van der Waals surface area contributed by atoms with Gasteiger partial charge in [-0.25, -0.2) is 5.01 Å². The summed E-state index contributed by atoms with van der Waals surface area (Å²) in [7, 11) is 0. The predicted molar refractivity (Wildman–Crippen MR) is 127 cm³/mol. The highest BCUT2D eigenvalue weighted by atomic mass is 32.2. The van der Waals surface area contributed by atoms with Gasteiger partial charge in [0.25, 0.3) is 5.24 Å². The Hall–Kier alpha value is -3.51. The van der Waals surface area contributed by atoms with E-state index in [0.717, 1.165) is 39.5 Å². The van der Waals surface area contributed by atoms with Crippen molar-refractivity contribution < 1.29 is 9.53 Å². The van der Waals surface area contributed by atoms with Gasteiger partial charge in [0.2, 0.25) is 0 Å². The number of carbonyl (C=O) groups excluding carboxylic acids is 1. The standard InChI is InChI=1S/C26H21N3O2S/c1-17-11-13-18(14-12-17)15-24-26(27-25(30)32-24)29-22(20-9-5-6-10-23(20)31-26)16-21(28-29)19-7-3-2-4-8-19/h2-15,22H,16H2,1H3,(H,27,30). The Bertz CT molecular complexity index is 1270. The lowest BCUT2D eigenvalue weighted by atomic mass is 9.95. The van der Waals surface area contributed by atoms with Crippen molar-refractivity contribution in [3.63, 3.8) is 0 Å². The molecule has 1 N–H and O–H groups in total. The highest BCUT2D eigenvalue weighted by molar-refractivity contribution is 8.17. The van der Waals surface area contributed by atoms with Crippen LogP contribution < -0.4 is 10.1 Å². The summed E-state index contributed by atoms with van der Waals surface area (Å²) in [6.07, 6.45) is 2.76. The van der Waals surface area contributed by atoms with E-state index in [0.29, 0.717) is 0 Å². The molecule has 2 unspecified atom stereocenters. The fourth-order valence-corrected chi connectivity index (χ4v) is 5.39. The zero-order valence-corrected chi connectivity index (χ0v) is 18.3. The summed E-state index contributed by atoms with van der Waals surface area (Å²) in [4.78, 5) is 13.5. The smallest absolute Gasteiger partial charge is 0.314 e. The number of benzene rings is 3. The largest absolute Gasteiger partial charge is 0.444 e. The minimum Gasteiger partial charge on any atom is -0.444 e. The summed E-state index contributed by atoms with van der Waals surface area (Å²) in [5.41, 5.74) is 5.34. The van der Waals surface area contributed by atoms with Crippen molar-refractivity contribution in [1.29, 1.82) is 0 Å². The number of para-hydroxylation sites is 1. The summed E-state index contributed by atoms with van der Waals surface area (Å²) in [6, 6.07) is 26.4. The van der Waals surface area contributed by atoms with Crippen LogP contribution in [0.3, 0.4) is 0 Å². The van der Waals surface area contributed by atoms with Crippen molar-refractivity contribution in [2.45, 2.75) is 25.2 Å². The fraction of sp³-hybridized carbons (Fsp3) is 0.154. The first-order valence-corrected chi connectivity index (χ1v) is 11.4. The molecule has 2 atom stereocenters. The molecule has 0 bridgehead atoms. The van der Waals surface area contributed by atoms with E-state index >= 15 is 0 Å². The topological polar surface area (TPSA) is 53.9 Å². The van der Waals surface area contributed by atoms with Crippen LogP contribution in [0.25, 0.3) is 6.08 Å². The monoisotopic (exact) mass is 439 g/mol. The molecule has 3 aliphatic rings. The van der Waals surface area contributed by atoms with Gasteiger partial charge in [0.05, 0.1) is 16.7 Å². The Kier molecular flexibility index (Phi) is 4.36. The van der Waals surface area contributed by atoms with E-state index in [4.69, 9.17) is 9.84 Å². The van der Waals surface area contributed by atoms with Gasteiger partial charge in [-0.3, -0.25) is 10.1 Å². The maximum atomic E-state index is 12.7. The molecule has 1 spiro atoms. The Labute approximate surface area is 190 Å². The Morgan fingerprint density at radius 1 is 1.06 bits per heavy atom. The molecule has 5 nitrogen and oxygen atoms in total. The van der Waals surface area contributed by atoms with Crippen LogP contribution in [0.2, 0.25) is 0 Å². The molecular weight excluding hydrogens is 418 g/mol. The molecule has 0 aliphatic carbocycles. The van der Waals surface area contributed by atoms with Gasteiger partial charge in [-0.05, 0) is 42.0 Å². The van der Waals surface area contributed by atoms with Crippen molar-refractivity contribution in [3.8, 4) is 5.75 Å². The number of hydrogen-bond donors (Lipinski definition) is 1. The first kappa shape index (κ1) is 19.2. The van der Waals surface area contributed by atoms with Crippen molar-refractivity contribution >= 4 is 28.8 Å². The molecule has 0 aromatic heterocycles. The van der Waals surface area contributed by atoms with Gasteiger partial charge in [0.15, 0.2) is 0 Å². The third-order valence-electron chi connectivity index (χ3n) is 6.06. The summed E-state index contributed by atoms with van der Waals surface area (Å²) in [6.45, 7) is 2.06. The number of rotatable bonds is 2. The van der Waals surface area contributed by atoms with E-state index < -0.39 is 5.85 Å². The van der Waals surface area contributed by atoms with Crippen LogP contribution in [0.4, 0.5) is 4.79 Å².